The maximum atomic E-state index is 16.3. The topological polar surface area (TPSA) is 79.2 Å². The van der Waals surface area contributed by atoms with Gasteiger partial charge in [0.15, 0.2) is 5.82 Å². The highest BCUT2D eigenvalue weighted by Gasteiger charge is 2.27. The van der Waals surface area contributed by atoms with Crippen LogP contribution >= 0.6 is 0 Å². The van der Waals surface area contributed by atoms with Gasteiger partial charge < -0.3 is 10.0 Å². The lowest BCUT2D eigenvalue weighted by molar-refractivity contribution is -0.121. The number of ketones is 1. The number of aryl methyl sites for hydroxylation is 1. The maximum Gasteiger partial charge on any atom is 0.175 e. The van der Waals surface area contributed by atoms with Gasteiger partial charge in [-0.25, -0.2) is 18.7 Å². The van der Waals surface area contributed by atoms with E-state index in [1.807, 2.05) is 20.8 Å². The molecular formula is C29H30F2N4O2. The van der Waals surface area contributed by atoms with Crippen LogP contribution in [-0.2, 0) is 11.2 Å². The van der Waals surface area contributed by atoms with Gasteiger partial charge in [0.1, 0.15) is 40.2 Å². The molecule has 4 aromatic rings. The standard InChI is InChI=1S/C29H30F2N4O2/c1-5-20-23(30)7-6-18-12-19(37)13-21(24(18)20)26-25(31)27-22(14-32-26)29(34-28(33-27)15(2)3)35-10-8-17(9-11-35)16(4)36/h6-7,12-15,17,37H,5,8-11H2,1-4H3. The number of carbonyl (C=O) groups is 1. The number of pyridine rings is 1. The van der Waals surface area contributed by atoms with Gasteiger partial charge in [0.25, 0.3) is 0 Å². The van der Waals surface area contributed by atoms with Crippen LogP contribution in [0.3, 0.4) is 0 Å². The van der Waals surface area contributed by atoms with Crippen LogP contribution in [0.25, 0.3) is 32.9 Å². The lowest BCUT2D eigenvalue weighted by Gasteiger charge is -2.32. The summed E-state index contributed by atoms with van der Waals surface area (Å²) in [5, 5.41) is 12.0. The first kappa shape index (κ1) is 25.0. The lowest BCUT2D eigenvalue weighted by atomic mass is 9.93. The van der Waals surface area contributed by atoms with E-state index >= 15 is 4.39 Å². The van der Waals surface area contributed by atoms with E-state index in [1.165, 1.54) is 18.2 Å². The molecule has 1 fully saturated rings. The summed E-state index contributed by atoms with van der Waals surface area (Å²) in [5.41, 5.74) is 0.898. The molecule has 1 aliphatic heterocycles. The Hall–Kier alpha value is -3.68. The molecule has 0 saturated carbocycles. The third-order valence-corrected chi connectivity index (χ3v) is 7.33. The van der Waals surface area contributed by atoms with Crippen LogP contribution in [0, 0.1) is 17.6 Å². The monoisotopic (exact) mass is 504 g/mol. The fraction of sp³-hybridized carbons (Fsp3) is 0.379. The Morgan fingerprint density at radius 2 is 1.89 bits per heavy atom. The molecule has 2 aromatic carbocycles. The highest BCUT2D eigenvalue weighted by molar-refractivity contribution is 6.01. The molecule has 5 rings (SSSR count). The van der Waals surface area contributed by atoms with Crippen LogP contribution in [0.4, 0.5) is 14.6 Å². The average molecular weight is 505 g/mol. The van der Waals surface area contributed by atoms with Gasteiger partial charge >= 0.3 is 0 Å². The Morgan fingerprint density at radius 1 is 1.16 bits per heavy atom. The van der Waals surface area contributed by atoms with E-state index in [9.17, 15) is 14.3 Å². The van der Waals surface area contributed by atoms with E-state index in [-0.39, 0.29) is 40.4 Å². The molecule has 37 heavy (non-hydrogen) atoms. The Labute approximate surface area is 214 Å². The summed E-state index contributed by atoms with van der Waals surface area (Å²) in [4.78, 5) is 27.8. The third kappa shape index (κ3) is 4.38. The van der Waals surface area contributed by atoms with Crippen molar-refractivity contribution >= 4 is 33.3 Å². The molecule has 0 amide bonds. The number of halogens is 2. The van der Waals surface area contributed by atoms with Crippen molar-refractivity contribution in [1.82, 2.24) is 15.0 Å². The van der Waals surface area contributed by atoms with E-state index in [1.54, 1.807) is 19.2 Å². The van der Waals surface area contributed by atoms with Crippen LogP contribution in [0.2, 0.25) is 0 Å². The molecule has 8 heteroatoms. The van der Waals surface area contributed by atoms with Crippen molar-refractivity contribution in [3.8, 4) is 17.0 Å². The molecule has 0 radical (unpaired) electrons. The van der Waals surface area contributed by atoms with Gasteiger partial charge in [-0.3, -0.25) is 9.78 Å². The van der Waals surface area contributed by atoms with Crippen molar-refractivity contribution in [1.29, 1.82) is 0 Å². The summed E-state index contributed by atoms with van der Waals surface area (Å²) >= 11 is 0. The summed E-state index contributed by atoms with van der Waals surface area (Å²) in [6.45, 7) is 8.63. The molecule has 1 aliphatic rings. The highest BCUT2D eigenvalue weighted by atomic mass is 19.1. The van der Waals surface area contributed by atoms with Gasteiger partial charge in [0.2, 0.25) is 0 Å². The minimum atomic E-state index is -0.639. The molecule has 1 N–H and O–H groups in total. The van der Waals surface area contributed by atoms with Crippen molar-refractivity contribution in [2.24, 2.45) is 5.92 Å². The molecular weight excluding hydrogens is 474 g/mol. The van der Waals surface area contributed by atoms with E-state index in [4.69, 9.17) is 4.98 Å². The van der Waals surface area contributed by atoms with Gasteiger partial charge in [-0.15, -0.1) is 0 Å². The molecule has 0 atom stereocenters. The smallest absolute Gasteiger partial charge is 0.175 e. The number of nitrogens with zero attached hydrogens (tertiary/aromatic N) is 4. The number of rotatable bonds is 5. The molecule has 0 unspecified atom stereocenters. The minimum Gasteiger partial charge on any atom is -0.508 e. The van der Waals surface area contributed by atoms with Crippen molar-refractivity contribution in [2.45, 2.75) is 52.9 Å². The van der Waals surface area contributed by atoms with E-state index in [0.717, 1.165) is 0 Å². The zero-order valence-corrected chi connectivity index (χ0v) is 21.5. The molecule has 3 heterocycles. The summed E-state index contributed by atoms with van der Waals surface area (Å²) < 4.78 is 31.0. The van der Waals surface area contributed by atoms with Crippen LogP contribution in [0.5, 0.6) is 5.75 Å². The number of fused-ring (bicyclic) bond motifs is 2. The molecule has 0 aliphatic carbocycles. The van der Waals surface area contributed by atoms with E-state index in [0.29, 0.717) is 71.3 Å². The maximum absolute atomic E-state index is 16.3. The first-order valence-corrected chi connectivity index (χ1v) is 12.8. The molecule has 1 saturated heterocycles. The fourth-order valence-electron chi connectivity index (χ4n) is 5.28. The number of hydrogen-bond acceptors (Lipinski definition) is 6. The summed E-state index contributed by atoms with van der Waals surface area (Å²) in [6, 6.07) is 5.90. The normalized spacial score (nSPS) is 14.7. The Morgan fingerprint density at radius 3 is 2.54 bits per heavy atom. The zero-order chi connectivity index (χ0) is 26.4. The van der Waals surface area contributed by atoms with E-state index < -0.39 is 5.82 Å². The van der Waals surface area contributed by atoms with Crippen molar-refractivity contribution in [3.05, 3.63) is 53.5 Å². The summed E-state index contributed by atoms with van der Waals surface area (Å²) in [6.07, 6.45) is 3.39. The van der Waals surface area contributed by atoms with Gasteiger partial charge in [0, 0.05) is 36.7 Å². The number of piperidine rings is 1. The van der Waals surface area contributed by atoms with Crippen molar-refractivity contribution in [2.75, 3.05) is 18.0 Å². The predicted molar refractivity (Wildman–Crippen MR) is 141 cm³/mol. The number of aromatic hydroxyl groups is 1. The number of phenols is 1. The number of benzene rings is 2. The SMILES string of the molecule is CCc1c(F)ccc2cc(O)cc(-c3ncc4c(N5CCC(C(C)=O)CC5)nc(C(C)C)nc4c3F)c12. The second-order valence-corrected chi connectivity index (χ2v) is 10.1. The van der Waals surface area contributed by atoms with Crippen LogP contribution in [0.1, 0.15) is 57.8 Å². The van der Waals surface area contributed by atoms with Gasteiger partial charge in [0.05, 0.1) is 5.39 Å². The number of phenolic OH excluding ortho intramolecular Hbond substituents is 1. The Bertz CT molecular complexity index is 1530. The van der Waals surface area contributed by atoms with Crippen LogP contribution in [-0.4, -0.2) is 38.9 Å². The first-order valence-electron chi connectivity index (χ1n) is 12.8. The molecule has 192 valence electrons. The third-order valence-electron chi connectivity index (χ3n) is 7.33. The second kappa shape index (κ2) is 9.65. The van der Waals surface area contributed by atoms with Gasteiger partial charge in [-0.2, -0.15) is 0 Å². The molecule has 0 spiro atoms. The van der Waals surface area contributed by atoms with Crippen LogP contribution < -0.4 is 4.90 Å². The average Bonchev–Trinajstić information content (AvgIpc) is 2.88. The number of carbonyl (C=O) groups excluding carboxylic acids is 1. The predicted octanol–water partition coefficient (Wildman–Crippen LogP) is 6.32. The molecule has 6 nitrogen and oxygen atoms in total. The van der Waals surface area contributed by atoms with Crippen molar-refractivity contribution < 1.29 is 18.7 Å². The van der Waals surface area contributed by atoms with Crippen molar-refractivity contribution in [3.63, 3.8) is 0 Å². The summed E-state index contributed by atoms with van der Waals surface area (Å²) in [5.74, 6) is 0.205. The van der Waals surface area contributed by atoms with Gasteiger partial charge in [-0.05, 0) is 60.7 Å². The van der Waals surface area contributed by atoms with E-state index in [2.05, 4.69) is 14.9 Å². The zero-order valence-electron chi connectivity index (χ0n) is 21.5. The molecule has 2 aromatic heterocycles. The first-order chi connectivity index (χ1) is 17.7. The quantitative estimate of drug-likeness (QED) is 0.343. The molecule has 0 bridgehead atoms. The Kier molecular flexibility index (Phi) is 6.52. The Balaban J connectivity index is 1.73. The minimum absolute atomic E-state index is 0.00310. The number of Topliss-reactive ketones (excluding diaryl/α,β-unsaturated/α-hetero) is 1. The largest absolute Gasteiger partial charge is 0.508 e. The number of hydrogen-bond donors (Lipinski definition) is 1. The fourth-order valence-corrected chi connectivity index (χ4v) is 5.28. The number of anilines is 1. The highest BCUT2D eigenvalue weighted by Crippen LogP contribution is 2.39. The lowest BCUT2D eigenvalue weighted by Crippen LogP contribution is -2.36. The van der Waals surface area contributed by atoms with Crippen LogP contribution in [0.15, 0.2) is 30.5 Å². The number of aromatic nitrogens is 3. The second-order valence-electron chi connectivity index (χ2n) is 10.1. The summed E-state index contributed by atoms with van der Waals surface area (Å²) in [7, 11) is 0. The van der Waals surface area contributed by atoms with Gasteiger partial charge in [-0.1, -0.05) is 26.8 Å².